The zero-order valence-electron chi connectivity index (χ0n) is 16.0. The Morgan fingerprint density at radius 2 is 1.79 bits per heavy atom. The molecule has 0 fully saturated rings. The standard InChI is InChI=1S/C20H23ClN4O3/c1-13-19(26)25(11-10-24(2)3)17-9-8-16(12-18(17)28-13)23-20(27)22-15-6-4-14(21)5-7-15/h4-9,12-13H,10-11H2,1-3H3,(H2,22,23,27). The van der Waals surface area contributed by atoms with Crippen LogP contribution in [0.1, 0.15) is 6.92 Å². The molecule has 28 heavy (non-hydrogen) atoms. The Bertz CT molecular complexity index is 870. The summed E-state index contributed by atoms with van der Waals surface area (Å²) in [5.41, 5.74) is 1.90. The first-order valence-corrected chi connectivity index (χ1v) is 9.31. The molecule has 2 aromatic carbocycles. The van der Waals surface area contributed by atoms with Gasteiger partial charge in [-0.1, -0.05) is 11.6 Å². The van der Waals surface area contributed by atoms with E-state index < -0.39 is 6.10 Å². The maximum Gasteiger partial charge on any atom is 0.323 e. The van der Waals surface area contributed by atoms with E-state index in [-0.39, 0.29) is 11.9 Å². The average molecular weight is 403 g/mol. The van der Waals surface area contributed by atoms with E-state index in [1.165, 1.54) is 0 Å². The number of fused-ring (bicyclic) bond motifs is 1. The molecule has 1 aliphatic rings. The Labute approximate surface area is 169 Å². The smallest absolute Gasteiger partial charge is 0.323 e. The van der Waals surface area contributed by atoms with Crippen molar-refractivity contribution in [3.8, 4) is 5.75 Å². The number of rotatable bonds is 5. The second kappa shape index (κ2) is 8.50. The Morgan fingerprint density at radius 1 is 1.14 bits per heavy atom. The first kappa shape index (κ1) is 20.0. The van der Waals surface area contributed by atoms with Crippen LogP contribution in [0.5, 0.6) is 5.75 Å². The van der Waals surface area contributed by atoms with Crippen molar-refractivity contribution in [2.45, 2.75) is 13.0 Å². The fourth-order valence-corrected chi connectivity index (χ4v) is 2.97. The number of halogens is 1. The van der Waals surface area contributed by atoms with E-state index in [4.69, 9.17) is 16.3 Å². The fraction of sp³-hybridized carbons (Fsp3) is 0.300. The van der Waals surface area contributed by atoms with Crippen LogP contribution < -0.4 is 20.3 Å². The summed E-state index contributed by atoms with van der Waals surface area (Å²) < 4.78 is 5.74. The Morgan fingerprint density at radius 3 is 2.46 bits per heavy atom. The van der Waals surface area contributed by atoms with Gasteiger partial charge >= 0.3 is 6.03 Å². The van der Waals surface area contributed by atoms with Crippen molar-refractivity contribution >= 4 is 40.6 Å². The van der Waals surface area contributed by atoms with Crippen LogP contribution >= 0.6 is 11.6 Å². The molecule has 3 amide bonds. The maximum absolute atomic E-state index is 12.5. The predicted molar refractivity (Wildman–Crippen MR) is 112 cm³/mol. The Balaban J connectivity index is 1.73. The van der Waals surface area contributed by atoms with Crippen molar-refractivity contribution in [3.05, 3.63) is 47.5 Å². The van der Waals surface area contributed by atoms with E-state index in [2.05, 4.69) is 10.6 Å². The van der Waals surface area contributed by atoms with E-state index in [1.807, 2.05) is 19.0 Å². The van der Waals surface area contributed by atoms with Gasteiger partial charge in [0, 0.05) is 35.6 Å². The number of anilines is 3. The van der Waals surface area contributed by atoms with Crippen molar-refractivity contribution in [2.75, 3.05) is 42.7 Å². The predicted octanol–water partition coefficient (Wildman–Crippen LogP) is 3.66. The van der Waals surface area contributed by atoms with Crippen LogP contribution in [0, 0.1) is 0 Å². The molecule has 0 saturated carbocycles. The molecule has 3 rings (SSSR count). The third-order valence-electron chi connectivity index (χ3n) is 4.30. The van der Waals surface area contributed by atoms with E-state index in [0.717, 1.165) is 6.54 Å². The van der Waals surface area contributed by atoms with Gasteiger partial charge in [-0.05, 0) is 57.4 Å². The van der Waals surface area contributed by atoms with Crippen LogP contribution in [0.25, 0.3) is 0 Å². The number of nitrogens with zero attached hydrogens (tertiary/aromatic N) is 2. The fourth-order valence-electron chi connectivity index (χ4n) is 2.85. The van der Waals surface area contributed by atoms with Crippen LogP contribution in [0.4, 0.5) is 21.9 Å². The third-order valence-corrected chi connectivity index (χ3v) is 4.55. The maximum atomic E-state index is 12.5. The summed E-state index contributed by atoms with van der Waals surface area (Å²) in [6.45, 7) is 3.03. The number of carbonyl (C=O) groups is 2. The van der Waals surface area contributed by atoms with E-state index in [9.17, 15) is 9.59 Å². The molecule has 0 aromatic heterocycles. The van der Waals surface area contributed by atoms with Gasteiger partial charge in [-0.15, -0.1) is 0 Å². The zero-order valence-corrected chi connectivity index (χ0v) is 16.8. The van der Waals surface area contributed by atoms with Crippen molar-refractivity contribution in [2.24, 2.45) is 0 Å². The van der Waals surface area contributed by atoms with Crippen molar-refractivity contribution in [3.63, 3.8) is 0 Å². The number of likely N-dealkylation sites (N-methyl/N-ethyl adjacent to an activating group) is 1. The number of urea groups is 1. The summed E-state index contributed by atoms with van der Waals surface area (Å²) >= 11 is 5.85. The molecule has 0 radical (unpaired) electrons. The lowest BCUT2D eigenvalue weighted by Gasteiger charge is -2.34. The van der Waals surface area contributed by atoms with E-state index in [0.29, 0.717) is 34.4 Å². The Kier molecular flexibility index (Phi) is 6.06. The van der Waals surface area contributed by atoms with Crippen molar-refractivity contribution in [1.82, 2.24) is 4.90 Å². The molecule has 1 heterocycles. The van der Waals surface area contributed by atoms with Gasteiger partial charge < -0.3 is 25.2 Å². The van der Waals surface area contributed by atoms with E-state index in [1.54, 1.807) is 54.3 Å². The molecule has 7 nitrogen and oxygen atoms in total. The zero-order chi connectivity index (χ0) is 20.3. The summed E-state index contributed by atoms with van der Waals surface area (Å²) in [6.07, 6.45) is -0.576. The average Bonchev–Trinajstić information content (AvgIpc) is 2.64. The Hall–Kier alpha value is -2.77. The molecule has 0 aliphatic carbocycles. The number of nitrogens with one attached hydrogen (secondary N) is 2. The van der Waals surface area contributed by atoms with Crippen LogP contribution in [-0.2, 0) is 4.79 Å². The van der Waals surface area contributed by atoms with Gasteiger partial charge in [0.2, 0.25) is 0 Å². The highest BCUT2D eigenvalue weighted by molar-refractivity contribution is 6.30. The summed E-state index contributed by atoms with van der Waals surface area (Å²) in [4.78, 5) is 28.5. The van der Waals surface area contributed by atoms with Crippen LogP contribution in [0.2, 0.25) is 5.02 Å². The minimum atomic E-state index is -0.576. The van der Waals surface area contributed by atoms with E-state index >= 15 is 0 Å². The first-order chi connectivity index (χ1) is 13.3. The molecule has 0 bridgehead atoms. The quantitative estimate of drug-likeness (QED) is 0.800. The molecular weight excluding hydrogens is 380 g/mol. The lowest BCUT2D eigenvalue weighted by atomic mass is 10.1. The minimum Gasteiger partial charge on any atom is -0.479 e. The van der Waals surface area contributed by atoms with Gasteiger partial charge in [0.05, 0.1) is 5.69 Å². The third kappa shape index (κ3) is 4.74. The summed E-state index contributed by atoms with van der Waals surface area (Å²) in [5.74, 6) is 0.491. The topological polar surface area (TPSA) is 73.9 Å². The minimum absolute atomic E-state index is 0.0736. The summed E-state index contributed by atoms with van der Waals surface area (Å²) in [5, 5.41) is 6.10. The highest BCUT2D eigenvalue weighted by atomic mass is 35.5. The van der Waals surface area contributed by atoms with Gasteiger partial charge in [-0.3, -0.25) is 4.79 Å². The lowest BCUT2D eigenvalue weighted by molar-refractivity contribution is -0.125. The van der Waals surface area contributed by atoms with Crippen LogP contribution in [0.3, 0.4) is 0 Å². The normalized spacial score (nSPS) is 15.8. The SMILES string of the molecule is CC1Oc2cc(NC(=O)Nc3ccc(Cl)cc3)ccc2N(CCN(C)C)C1=O. The molecule has 1 aliphatic heterocycles. The summed E-state index contributed by atoms with van der Waals surface area (Å²) in [6, 6.07) is 11.7. The molecule has 8 heteroatoms. The largest absolute Gasteiger partial charge is 0.479 e. The van der Waals surface area contributed by atoms with Gasteiger partial charge in [0.1, 0.15) is 5.75 Å². The monoisotopic (exact) mass is 402 g/mol. The number of benzene rings is 2. The lowest BCUT2D eigenvalue weighted by Crippen LogP contribution is -2.46. The second-order valence-electron chi connectivity index (χ2n) is 6.82. The number of hydrogen-bond donors (Lipinski definition) is 2. The number of carbonyl (C=O) groups excluding carboxylic acids is 2. The second-order valence-corrected chi connectivity index (χ2v) is 7.26. The van der Waals surface area contributed by atoms with Crippen LogP contribution in [-0.4, -0.2) is 50.1 Å². The van der Waals surface area contributed by atoms with Gasteiger partial charge in [0.15, 0.2) is 6.10 Å². The van der Waals surface area contributed by atoms with Crippen molar-refractivity contribution in [1.29, 1.82) is 0 Å². The van der Waals surface area contributed by atoms with Crippen LogP contribution in [0.15, 0.2) is 42.5 Å². The molecular formula is C20H23ClN4O3. The van der Waals surface area contributed by atoms with Crippen molar-refractivity contribution < 1.29 is 14.3 Å². The van der Waals surface area contributed by atoms with Gasteiger partial charge in [-0.25, -0.2) is 4.79 Å². The summed E-state index contributed by atoms with van der Waals surface area (Å²) in [7, 11) is 3.92. The van der Waals surface area contributed by atoms with Gasteiger partial charge in [-0.2, -0.15) is 0 Å². The highest BCUT2D eigenvalue weighted by Crippen LogP contribution is 2.36. The molecule has 0 saturated heterocycles. The molecule has 0 spiro atoms. The highest BCUT2D eigenvalue weighted by Gasteiger charge is 2.31. The molecule has 2 aromatic rings. The molecule has 2 N–H and O–H groups in total. The van der Waals surface area contributed by atoms with Gasteiger partial charge in [0.25, 0.3) is 5.91 Å². The number of ether oxygens (including phenoxy) is 1. The number of hydrogen-bond acceptors (Lipinski definition) is 4. The molecule has 1 atom stereocenters. The first-order valence-electron chi connectivity index (χ1n) is 8.94. The number of amides is 3. The molecule has 1 unspecified atom stereocenters. The molecule has 148 valence electrons.